The minimum Gasteiger partial charge on any atom is -0.483 e. The number of hydrogen-bond donors (Lipinski definition) is 2. The first-order valence-corrected chi connectivity index (χ1v) is 13.2. The summed E-state index contributed by atoms with van der Waals surface area (Å²) in [6, 6.07) is 7.40. The van der Waals surface area contributed by atoms with E-state index in [2.05, 4.69) is 5.32 Å². The maximum Gasteiger partial charge on any atom is 0.258 e. The summed E-state index contributed by atoms with van der Waals surface area (Å²) in [4.78, 5) is 34.9. The molecule has 1 saturated carbocycles. The van der Waals surface area contributed by atoms with Crippen LogP contribution >= 0.6 is 0 Å². The topological polar surface area (TPSA) is 112 Å². The first-order chi connectivity index (χ1) is 18.4. The molecule has 3 aliphatic rings. The van der Waals surface area contributed by atoms with Gasteiger partial charge in [-0.15, -0.1) is 0 Å². The molecule has 2 amide bonds. The van der Waals surface area contributed by atoms with Gasteiger partial charge in [-0.3, -0.25) is 9.59 Å². The van der Waals surface area contributed by atoms with E-state index in [-0.39, 0.29) is 47.8 Å². The maximum absolute atomic E-state index is 14.3. The number of aromatic nitrogens is 3. The molecule has 200 valence electrons. The molecule has 6 rings (SSSR count). The van der Waals surface area contributed by atoms with E-state index in [1.54, 1.807) is 9.42 Å². The Morgan fingerprint density at radius 1 is 1.11 bits per heavy atom. The van der Waals surface area contributed by atoms with Gasteiger partial charge in [0.2, 0.25) is 0 Å². The summed E-state index contributed by atoms with van der Waals surface area (Å²) in [7, 11) is 1.93. The van der Waals surface area contributed by atoms with Crippen LogP contribution < -0.4 is 15.0 Å². The number of amides is 2. The number of aliphatic hydroxyl groups is 1. The molecule has 2 aliphatic heterocycles. The number of carbonyl (C=O) groups is 2. The third kappa shape index (κ3) is 4.55. The van der Waals surface area contributed by atoms with Crippen LogP contribution in [0.1, 0.15) is 65.8 Å². The summed E-state index contributed by atoms with van der Waals surface area (Å²) in [6.07, 6.45) is 3.51. The molecule has 0 spiro atoms. The molecule has 3 aromatic rings. The lowest BCUT2D eigenvalue weighted by molar-refractivity contribution is -0.123. The van der Waals surface area contributed by atoms with E-state index in [0.29, 0.717) is 38.1 Å². The van der Waals surface area contributed by atoms with Crippen molar-refractivity contribution in [1.82, 2.24) is 24.8 Å². The summed E-state index contributed by atoms with van der Waals surface area (Å²) in [5.74, 6) is -0.0858. The van der Waals surface area contributed by atoms with Crippen molar-refractivity contribution in [2.75, 3.05) is 38.2 Å². The van der Waals surface area contributed by atoms with Gasteiger partial charge >= 0.3 is 0 Å². The van der Waals surface area contributed by atoms with Crippen molar-refractivity contribution in [3.05, 3.63) is 53.1 Å². The van der Waals surface area contributed by atoms with E-state index in [1.165, 1.54) is 18.2 Å². The Morgan fingerprint density at radius 3 is 2.76 bits per heavy atom. The standard InChI is InChI=1S/C27H31FN6O4/c1-32-9-7-29-25(36)15-38-23-6-5-17(28)12-19(23)27(37)33-8-3-2-4-22(33)21-13-24-30-20(16-10-18(35)11-16)14-26(32)34(24)31-21/h5-6,12-14,16,18,22,35H,2-4,7-11,15H2,1H3,(H,29,36)/t16?,18?,22-/m0/s1. The summed E-state index contributed by atoms with van der Waals surface area (Å²) in [5, 5.41) is 17.6. The number of likely N-dealkylation sites (N-methyl/N-ethyl adjacent to an activating group) is 1. The van der Waals surface area contributed by atoms with E-state index < -0.39 is 5.82 Å². The Balaban J connectivity index is 1.46. The second kappa shape index (κ2) is 9.86. The quantitative estimate of drug-likeness (QED) is 0.505. The summed E-state index contributed by atoms with van der Waals surface area (Å²) in [5.41, 5.74) is 2.38. The van der Waals surface area contributed by atoms with Crippen molar-refractivity contribution in [3.8, 4) is 5.75 Å². The minimum absolute atomic E-state index is 0.0879. The van der Waals surface area contributed by atoms with E-state index in [1.807, 2.05) is 24.1 Å². The zero-order valence-corrected chi connectivity index (χ0v) is 21.3. The van der Waals surface area contributed by atoms with Crippen LogP contribution in [0.4, 0.5) is 10.2 Å². The fourth-order valence-corrected chi connectivity index (χ4v) is 5.57. The SMILES string of the molecule is CN1CCNC(=O)COc2ccc(F)cc2C(=O)N2CCCC[C@H]2c2cc3nc(C4CC(O)C4)cc1n3n2. The summed E-state index contributed by atoms with van der Waals surface area (Å²) >= 11 is 0. The third-order valence-corrected chi connectivity index (χ3v) is 7.77. The molecule has 2 bridgehead atoms. The number of nitrogens with zero attached hydrogens (tertiary/aromatic N) is 5. The van der Waals surface area contributed by atoms with Crippen LogP contribution in [0.15, 0.2) is 30.3 Å². The molecule has 2 fully saturated rings. The van der Waals surface area contributed by atoms with E-state index in [9.17, 15) is 19.1 Å². The highest BCUT2D eigenvalue weighted by Gasteiger charge is 2.34. The number of ether oxygens (including phenoxy) is 1. The molecule has 4 heterocycles. The monoisotopic (exact) mass is 522 g/mol. The maximum atomic E-state index is 14.3. The Hall–Kier alpha value is -3.73. The van der Waals surface area contributed by atoms with E-state index in [4.69, 9.17) is 14.8 Å². The van der Waals surface area contributed by atoms with Gasteiger partial charge in [0.15, 0.2) is 12.3 Å². The van der Waals surface area contributed by atoms with Gasteiger partial charge in [0, 0.05) is 50.4 Å². The normalized spacial score (nSPS) is 24.4. The number of anilines is 1. The third-order valence-electron chi connectivity index (χ3n) is 7.77. The Labute approximate surface area is 219 Å². The highest BCUT2D eigenvalue weighted by molar-refractivity contribution is 5.97. The van der Waals surface area contributed by atoms with Gasteiger partial charge in [0.05, 0.1) is 23.4 Å². The molecule has 1 atom stereocenters. The van der Waals surface area contributed by atoms with Gasteiger partial charge in [-0.25, -0.2) is 9.37 Å². The van der Waals surface area contributed by atoms with Crippen molar-refractivity contribution < 1.29 is 23.8 Å². The summed E-state index contributed by atoms with van der Waals surface area (Å²) < 4.78 is 21.7. The molecule has 2 N–H and O–H groups in total. The van der Waals surface area contributed by atoms with Crippen molar-refractivity contribution >= 4 is 23.3 Å². The molecule has 38 heavy (non-hydrogen) atoms. The second-order valence-corrected chi connectivity index (χ2v) is 10.4. The lowest BCUT2D eigenvalue weighted by Crippen LogP contribution is -2.39. The van der Waals surface area contributed by atoms with Crippen molar-refractivity contribution in [1.29, 1.82) is 0 Å². The van der Waals surface area contributed by atoms with Crippen LogP contribution in [0.3, 0.4) is 0 Å². The van der Waals surface area contributed by atoms with E-state index >= 15 is 0 Å². The highest BCUT2D eigenvalue weighted by atomic mass is 19.1. The average Bonchev–Trinajstić information content (AvgIpc) is 3.33. The number of hydrogen-bond acceptors (Lipinski definition) is 7. The molecule has 1 aliphatic carbocycles. The summed E-state index contributed by atoms with van der Waals surface area (Å²) in [6.45, 7) is 1.09. The largest absolute Gasteiger partial charge is 0.483 e. The zero-order chi connectivity index (χ0) is 26.4. The lowest BCUT2D eigenvalue weighted by atomic mass is 9.80. The van der Waals surface area contributed by atoms with Crippen LogP contribution in [0.5, 0.6) is 5.75 Å². The van der Waals surface area contributed by atoms with Crippen LogP contribution in [0.25, 0.3) is 5.65 Å². The molecular formula is C27H31FN6O4. The number of benzene rings is 1. The highest BCUT2D eigenvalue weighted by Crippen LogP contribution is 2.38. The molecule has 10 nitrogen and oxygen atoms in total. The van der Waals surface area contributed by atoms with Gasteiger partial charge in [0.1, 0.15) is 17.4 Å². The van der Waals surface area contributed by atoms with Crippen LogP contribution in [0.2, 0.25) is 0 Å². The van der Waals surface area contributed by atoms with Crippen molar-refractivity contribution in [3.63, 3.8) is 0 Å². The molecule has 2 aromatic heterocycles. The van der Waals surface area contributed by atoms with Crippen LogP contribution in [-0.2, 0) is 4.79 Å². The van der Waals surface area contributed by atoms with Crippen LogP contribution in [-0.4, -0.2) is 75.8 Å². The fraction of sp³-hybridized carbons (Fsp3) is 0.481. The number of carbonyl (C=O) groups excluding carboxylic acids is 2. The molecule has 0 radical (unpaired) electrons. The van der Waals surface area contributed by atoms with Gasteiger partial charge < -0.3 is 25.0 Å². The average molecular weight is 523 g/mol. The zero-order valence-electron chi connectivity index (χ0n) is 21.3. The number of halogens is 1. The molecule has 0 unspecified atom stereocenters. The molecule has 1 aromatic carbocycles. The predicted molar refractivity (Wildman–Crippen MR) is 137 cm³/mol. The Kier molecular flexibility index (Phi) is 6.38. The molecule has 11 heteroatoms. The van der Waals surface area contributed by atoms with Gasteiger partial charge in [-0.05, 0) is 50.3 Å². The molecular weight excluding hydrogens is 491 g/mol. The number of fused-ring (bicyclic) bond motifs is 4. The number of aliphatic hydroxyl groups excluding tert-OH is 1. The van der Waals surface area contributed by atoms with Crippen LogP contribution in [0, 0.1) is 5.82 Å². The smallest absolute Gasteiger partial charge is 0.258 e. The number of nitrogens with one attached hydrogen (secondary N) is 1. The first kappa shape index (κ1) is 24.6. The van der Waals surface area contributed by atoms with E-state index in [0.717, 1.165) is 36.5 Å². The van der Waals surface area contributed by atoms with Gasteiger partial charge in [0.25, 0.3) is 11.8 Å². The Bertz CT molecular complexity index is 1390. The van der Waals surface area contributed by atoms with Gasteiger partial charge in [-0.2, -0.15) is 9.61 Å². The second-order valence-electron chi connectivity index (χ2n) is 10.4. The Morgan fingerprint density at radius 2 is 1.95 bits per heavy atom. The predicted octanol–water partition coefficient (Wildman–Crippen LogP) is 2.42. The number of piperidine rings is 1. The number of rotatable bonds is 1. The fourth-order valence-electron chi connectivity index (χ4n) is 5.57. The van der Waals surface area contributed by atoms with Crippen molar-refractivity contribution in [2.24, 2.45) is 0 Å². The van der Waals surface area contributed by atoms with Crippen molar-refractivity contribution in [2.45, 2.75) is 50.2 Å². The first-order valence-electron chi connectivity index (χ1n) is 13.2. The lowest BCUT2D eigenvalue weighted by Gasteiger charge is -2.35. The minimum atomic E-state index is -0.550. The van der Waals surface area contributed by atoms with Gasteiger partial charge in [-0.1, -0.05) is 0 Å². The molecule has 1 saturated heterocycles.